The second kappa shape index (κ2) is 10.4. The summed E-state index contributed by atoms with van der Waals surface area (Å²) in [4.78, 5) is 0. The van der Waals surface area contributed by atoms with Gasteiger partial charge < -0.3 is 4.74 Å². The molecule has 0 radical (unpaired) electrons. The maximum absolute atomic E-state index is 14.6. The van der Waals surface area contributed by atoms with Gasteiger partial charge in [0, 0.05) is 17.7 Å². The lowest BCUT2D eigenvalue weighted by molar-refractivity contribution is 0.319. The Morgan fingerprint density at radius 3 is 1.94 bits per heavy atom. The fourth-order valence-electron chi connectivity index (χ4n) is 4.41. The van der Waals surface area contributed by atoms with Crippen molar-refractivity contribution in [3.8, 4) is 22.6 Å². The predicted molar refractivity (Wildman–Crippen MR) is 120 cm³/mol. The van der Waals surface area contributed by atoms with Crippen LogP contribution in [0.1, 0.15) is 57.9 Å². The molecule has 3 aromatic rings. The highest BCUT2D eigenvalue weighted by Crippen LogP contribution is 2.40. The van der Waals surface area contributed by atoms with Gasteiger partial charge in [-0.25, -0.2) is 17.6 Å². The summed E-state index contributed by atoms with van der Waals surface area (Å²) in [5.41, 5.74) is 1.97. The Balaban J connectivity index is 0.00000306. The van der Waals surface area contributed by atoms with E-state index in [1.54, 1.807) is 12.1 Å². The molecule has 0 amide bonds. The van der Waals surface area contributed by atoms with Crippen LogP contribution in [-0.4, -0.2) is 0 Å². The Bertz CT molecular complexity index is 1080. The van der Waals surface area contributed by atoms with Gasteiger partial charge in [0.05, 0.1) is 0 Å². The number of hydrogen-bond donors (Lipinski definition) is 0. The molecule has 0 unspecified atom stereocenters. The first-order chi connectivity index (χ1) is 15.4. The van der Waals surface area contributed by atoms with Gasteiger partial charge in [0.25, 0.3) is 0 Å². The van der Waals surface area contributed by atoms with Crippen LogP contribution in [0, 0.1) is 35.0 Å². The van der Waals surface area contributed by atoms with Gasteiger partial charge in [-0.15, -0.1) is 0 Å². The van der Waals surface area contributed by atoms with E-state index in [2.05, 4.69) is 6.92 Å². The minimum atomic E-state index is -1.67. The lowest BCUT2D eigenvalue weighted by Crippen LogP contribution is -2.12. The second-order valence-corrected chi connectivity index (χ2v) is 8.29. The van der Waals surface area contributed by atoms with Gasteiger partial charge in [0.1, 0.15) is 5.75 Å². The van der Waals surface area contributed by atoms with E-state index < -0.39 is 40.6 Å². The molecule has 0 saturated heterocycles. The Kier molecular flexibility index (Phi) is 7.77. The zero-order chi connectivity index (χ0) is 22.8. The molecule has 0 atom stereocenters. The van der Waals surface area contributed by atoms with E-state index in [0.29, 0.717) is 23.6 Å². The quantitative estimate of drug-likeness (QED) is 0.271. The number of ether oxygens (including phenoxy) is 1. The van der Waals surface area contributed by atoms with Gasteiger partial charge >= 0.3 is 0 Å². The first kappa shape index (κ1) is 24.7. The summed E-state index contributed by atoms with van der Waals surface area (Å²) in [6.45, 7) is 2.22. The summed E-state index contributed by atoms with van der Waals surface area (Å²) >= 11 is 0. The van der Waals surface area contributed by atoms with E-state index in [1.807, 2.05) is 12.1 Å². The molecule has 1 nitrogen and oxygen atoms in total. The number of rotatable bonds is 5. The largest absolute Gasteiger partial charge is 0.453 e. The van der Waals surface area contributed by atoms with Crippen LogP contribution >= 0.6 is 0 Å². The molecule has 1 aliphatic rings. The zero-order valence-electron chi connectivity index (χ0n) is 17.6. The van der Waals surface area contributed by atoms with Crippen molar-refractivity contribution >= 4 is 0 Å². The molecule has 1 saturated carbocycles. The Morgan fingerprint density at radius 2 is 1.36 bits per heavy atom. The first-order valence-electron chi connectivity index (χ1n) is 10.8. The maximum atomic E-state index is 14.6. The lowest BCUT2D eigenvalue weighted by atomic mass is 9.77. The van der Waals surface area contributed by atoms with Crippen LogP contribution in [0.5, 0.6) is 11.5 Å². The highest BCUT2D eigenvalue weighted by Gasteiger charge is 2.22. The molecule has 3 aromatic carbocycles. The molecule has 1 aliphatic carbocycles. The second-order valence-electron chi connectivity index (χ2n) is 8.29. The molecule has 0 N–H and O–H groups in total. The molecule has 4 rings (SSSR count). The zero-order valence-corrected chi connectivity index (χ0v) is 17.6. The number of halogens is 5. The van der Waals surface area contributed by atoms with Crippen LogP contribution in [-0.2, 0) is 0 Å². The van der Waals surface area contributed by atoms with E-state index in [4.69, 9.17) is 4.74 Å². The predicted octanol–water partition coefficient (Wildman–Crippen LogP) is 9.16. The van der Waals surface area contributed by atoms with Gasteiger partial charge in [-0.1, -0.05) is 45.0 Å². The van der Waals surface area contributed by atoms with E-state index in [0.717, 1.165) is 24.8 Å². The van der Waals surface area contributed by atoms with Gasteiger partial charge in [0.2, 0.25) is 5.82 Å². The normalized spacial score (nSPS) is 18.0. The van der Waals surface area contributed by atoms with E-state index in [9.17, 15) is 22.0 Å². The van der Waals surface area contributed by atoms with E-state index in [-0.39, 0.29) is 13.0 Å². The van der Waals surface area contributed by atoms with Crippen LogP contribution in [0.3, 0.4) is 0 Å². The van der Waals surface area contributed by atoms with Crippen molar-refractivity contribution in [2.45, 2.75) is 52.4 Å². The highest BCUT2D eigenvalue weighted by atomic mass is 19.2. The summed E-state index contributed by atoms with van der Waals surface area (Å²) < 4.78 is 74.1. The average molecular weight is 463 g/mol. The highest BCUT2D eigenvalue weighted by molar-refractivity contribution is 5.71. The fraction of sp³-hybridized carbons (Fsp3) is 0.333. The number of benzene rings is 3. The summed E-state index contributed by atoms with van der Waals surface area (Å²) in [5.74, 6) is -6.85. The summed E-state index contributed by atoms with van der Waals surface area (Å²) in [6, 6.07) is 11.0. The van der Waals surface area contributed by atoms with Crippen LogP contribution in [0.2, 0.25) is 0 Å². The van der Waals surface area contributed by atoms with Crippen molar-refractivity contribution < 1.29 is 26.7 Å². The van der Waals surface area contributed by atoms with Crippen molar-refractivity contribution in [1.82, 2.24) is 0 Å². The number of hydrogen-bond acceptors (Lipinski definition) is 1. The third kappa shape index (κ3) is 5.21. The fourth-order valence-corrected chi connectivity index (χ4v) is 4.41. The Morgan fingerprint density at radius 1 is 0.758 bits per heavy atom. The van der Waals surface area contributed by atoms with Crippen molar-refractivity contribution in [2.24, 2.45) is 5.92 Å². The van der Waals surface area contributed by atoms with Gasteiger partial charge in [0.15, 0.2) is 29.0 Å². The smallest absolute Gasteiger partial charge is 0.201 e. The first-order valence-corrected chi connectivity index (χ1v) is 10.8. The van der Waals surface area contributed by atoms with Crippen LogP contribution in [0.15, 0.2) is 48.5 Å². The summed E-state index contributed by atoms with van der Waals surface area (Å²) in [5, 5.41) is 0. The van der Waals surface area contributed by atoms with Crippen molar-refractivity contribution in [1.29, 1.82) is 0 Å². The topological polar surface area (TPSA) is 9.23 Å². The van der Waals surface area contributed by atoms with Gasteiger partial charge in [-0.05, 0) is 60.8 Å². The molecule has 0 aromatic heterocycles. The van der Waals surface area contributed by atoms with Crippen molar-refractivity contribution in [3.05, 3.63) is 83.2 Å². The molecular formula is C27H27F5O. The molecule has 0 bridgehead atoms. The van der Waals surface area contributed by atoms with E-state index in [1.165, 1.54) is 30.9 Å². The maximum Gasteiger partial charge on any atom is 0.201 e. The molecule has 0 spiro atoms. The SMILES string of the molecule is C.CCC1CCC(c2ccc(-c3ccc(F)c(F)c3Oc3cc(F)c(F)c(F)c3)cc2)CC1. The van der Waals surface area contributed by atoms with Crippen LogP contribution in [0.4, 0.5) is 22.0 Å². The lowest BCUT2D eigenvalue weighted by Gasteiger charge is -2.28. The molecule has 6 heteroatoms. The summed E-state index contributed by atoms with van der Waals surface area (Å²) in [7, 11) is 0. The minimum absolute atomic E-state index is 0. The van der Waals surface area contributed by atoms with E-state index >= 15 is 0 Å². The molecule has 0 heterocycles. The average Bonchev–Trinajstić information content (AvgIpc) is 2.81. The molecule has 0 aliphatic heterocycles. The Hall–Kier alpha value is -2.89. The van der Waals surface area contributed by atoms with Crippen LogP contribution in [0.25, 0.3) is 11.1 Å². The third-order valence-electron chi connectivity index (χ3n) is 6.34. The van der Waals surface area contributed by atoms with Gasteiger partial charge in [-0.2, -0.15) is 4.39 Å². The Labute approximate surface area is 191 Å². The van der Waals surface area contributed by atoms with Gasteiger partial charge in [-0.3, -0.25) is 0 Å². The molecular weight excluding hydrogens is 435 g/mol. The van der Waals surface area contributed by atoms with Crippen molar-refractivity contribution in [3.63, 3.8) is 0 Å². The monoisotopic (exact) mass is 462 g/mol. The molecule has 1 fully saturated rings. The minimum Gasteiger partial charge on any atom is -0.453 e. The van der Waals surface area contributed by atoms with Crippen LogP contribution < -0.4 is 4.74 Å². The molecule has 33 heavy (non-hydrogen) atoms. The molecule has 176 valence electrons. The standard InChI is InChI=1S/C26H23F5O.CH4/c1-2-15-3-5-16(6-4-15)17-7-9-18(10-8-17)20-11-12-21(27)25(31)26(20)32-19-13-22(28)24(30)23(29)14-19;/h7-16H,2-6H2,1H3;1H4. The summed E-state index contributed by atoms with van der Waals surface area (Å²) in [6.07, 6.45) is 5.86. The third-order valence-corrected chi connectivity index (χ3v) is 6.34. The van der Waals surface area contributed by atoms with Crippen molar-refractivity contribution in [2.75, 3.05) is 0 Å².